The molecule has 3 N–H and O–H groups in total. The number of phenolic OH excluding ortho intramolecular Hbond substituents is 1. The lowest BCUT2D eigenvalue weighted by Gasteiger charge is -2.13. The van der Waals surface area contributed by atoms with Crippen LogP contribution in [0.15, 0.2) is 47.6 Å². The second kappa shape index (κ2) is 8.73. The highest BCUT2D eigenvalue weighted by Crippen LogP contribution is 2.26. The monoisotopic (exact) mass is 341 g/mol. The molecule has 0 heterocycles. The van der Waals surface area contributed by atoms with Gasteiger partial charge < -0.3 is 15.2 Å². The van der Waals surface area contributed by atoms with Crippen molar-refractivity contribution in [1.82, 2.24) is 5.43 Å². The summed E-state index contributed by atoms with van der Waals surface area (Å²) in [7, 11) is 0. The second-order valence-corrected chi connectivity index (χ2v) is 5.63. The molecule has 6 heteroatoms. The van der Waals surface area contributed by atoms with Crippen LogP contribution in [0.1, 0.15) is 25.0 Å². The molecule has 0 saturated carbocycles. The molecule has 0 aliphatic rings. The SMILES string of the molecule is CCOc1ccc(/C=N\NC(=O)[C@@H](C)Nc2ccc(C)cc2)cc1O. The van der Waals surface area contributed by atoms with E-state index in [1.54, 1.807) is 19.1 Å². The molecule has 2 aromatic rings. The summed E-state index contributed by atoms with van der Waals surface area (Å²) >= 11 is 0. The van der Waals surface area contributed by atoms with Gasteiger partial charge in [0.2, 0.25) is 0 Å². The van der Waals surface area contributed by atoms with Gasteiger partial charge in [0.05, 0.1) is 12.8 Å². The van der Waals surface area contributed by atoms with Crippen molar-refractivity contribution in [2.75, 3.05) is 11.9 Å². The van der Waals surface area contributed by atoms with E-state index in [0.29, 0.717) is 17.9 Å². The molecule has 0 radical (unpaired) electrons. The van der Waals surface area contributed by atoms with Crippen molar-refractivity contribution < 1.29 is 14.6 Å². The number of hydrogen-bond donors (Lipinski definition) is 3. The van der Waals surface area contributed by atoms with Crippen LogP contribution in [0.5, 0.6) is 11.5 Å². The molecular formula is C19H23N3O3. The molecule has 0 saturated heterocycles. The van der Waals surface area contributed by atoms with Crippen LogP contribution in [0.2, 0.25) is 0 Å². The van der Waals surface area contributed by atoms with E-state index in [1.165, 1.54) is 12.3 Å². The smallest absolute Gasteiger partial charge is 0.262 e. The average Bonchev–Trinajstić information content (AvgIpc) is 2.59. The number of hydrogen-bond acceptors (Lipinski definition) is 5. The van der Waals surface area contributed by atoms with Gasteiger partial charge in [0.15, 0.2) is 11.5 Å². The Kier molecular flexibility index (Phi) is 6.39. The zero-order chi connectivity index (χ0) is 18.2. The number of benzene rings is 2. The van der Waals surface area contributed by atoms with Crippen LogP contribution in [0.4, 0.5) is 5.69 Å². The molecule has 132 valence electrons. The molecule has 2 rings (SSSR count). The lowest BCUT2D eigenvalue weighted by atomic mass is 10.2. The normalized spacial score (nSPS) is 12.0. The van der Waals surface area contributed by atoms with Crippen molar-refractivity contribution >= 4 is 17.8 Å². The van der Waals surface area contributed by atoms with Gasteiger partial charge in [-0.15, -0.1) is 0 Å². The topological polar surface area (TPSA) is 83.0 Å². The summed E-state index contributed by atoms with van der Waals surface area (Å²) in [4.78, 5) is 12.1. The fraction of sp³-hybridized carbons (Fsp3) is 0.263. The summed E-state index contributed by atoms with van der Waals surface area (Å²) < 4.78 is 5.26. The van der Waals surface area contributed by atoms with Crippen LogP contribution in [0.3, 0.4) is 0 Å². The Bertz CT molecular complexity index is 742. The number of nitrogens with one attached hydrogen (secondary N) is 2. The Morgan fingerprint density at radius 1 is 1.28 bits per heavy atom. The molecule has 1 atom stereocenters. The quantitative estimate of drug-likeness (QED) is 0.534. The number of rotatable bonds is 7. The number of aryl methyl sites for hydroxylation is 1. The highest BCUT2D eigenvalue weighted by molar-refractivity contribution is 5.86. The molecule has 25 heavy (non-hydrogen) atoms. The van der Waals surface area contributed by atoms with Crippen LogP contribution < -0.4 is 15.5 Å². The van der Waals surface area contributed by atoms with Gasteiger partial charge in [0.1, 0.15) is 6.04 Å². The maximum absolute atomic E-state index is 12.1. The summed E-state index contributed by atoms with van der Waals surface area (Å²) in [6.45, 7) is 6.08. The first-order valence-electron chi connectivity index (χ1n) is 8.11. The van der Waals surface area contributed by atoms with Gasteiger partial charge in [-0.05, 0) is 56.7 Å². The van der Waals surface area contributed by atoms with E-state index in [4.69, 9.17) is 4.74 Å². The zero-order valence-electron chi connectivity index (χ0n) is 14.6. The van der Waals surface area contributed by atoms with Gasteiger partial charge in [-0.25, -0.2) is 5.43 Å². The van der Waals surface area contributed by atoms with Crippen LogP contribution in [0.25, 0.3) is 0 Å². The summed E-state index contributed by atoms with van der Waals surface area (Å²) in [6.07, 6.45) is 1.46. The van der Waals surface area contributed by atoms with Crippen molar-refractivity contribution in [2.24, 2.45) is 5.10 Å². The van der Waals surface area contributed by atoms with Crippen LogP contribution >= 0.6 is 0 Å². The molecule has 0 fully saturated rings. The molecule has 2 aromatic carbocycles. The number of ether oxygens (including phenoxy) is 1. The predicted molar refractivity (Wildman–Crippen MR) is 99.3 cm³/mol. The minimum atomic E-state index is -0.436. The van der Waals surface area contributed by atoms with E-state index in [-0.39, 0.29) is 11.7 Å². The summed E-state index contributed by atoms with van der Waals surface area (Å²) in [5, 5.41) is 16.8. The van der Waals surface area contributed by atoms with Crippen molar-refractivity contribution in [3.8, 4) is 11.5 Å². The van der Waals surface area contributed by atoms with Crippen molar-refractivity contribution in [3.63, 3.8) is 0 Å². The summed E-state index contributed by atoms with van der Waals surface area (Å²) in [6, 6.07) is 12.3. The van der Waals surface area contributed by atoms with Gasteiger partial charge in [0.25, 0.3) is 5.91 Å². The zero-order valence-corrected chi connectivity index (χ0v) is 14.6. The number of hydrazone groups is 1. The van der Waals surface area contributed by atoms with Crippen LogP contribution in [-0.2, 0) is 4.79 Å². The average molecular weight is 341 g/mol. The number of aromatic hydroxyl groups is 1. The minimum Gasteiger partial charge on any atom is -0.504 e. The summed E-state index contributed by atoms with van der Waals surface area (Å²) in [5.41, 5.74) is 5.16. The maximum atomic E-state index is 12.1. The number of amides is 1. The molecule has 0 bridgehead atoms. The molecule has 0 aliphatic carbocycles. The molecule has 6 nitrogen and oxygen atoms in total. The Morgan fingerprint density at radius 2 is 2.00 bits per heavy atom. The van der Waals surface area contributed by atoms with E-state index in [1.807, 2.05) is 38.1 Å². The third-order valence-corrected chi connectivity index (χ3v) is 3.50. The highest BCUT2D eigenvalue weighted by atomic mass is 16.5. The Hall–Kier alpha value is -3.02. The third-order valence-electron chi connectivity index (χ3n) is 3.50. The third kappa shape index (κ3) is 5.53. The first-order chi connectivity index (χ1) is 12.0. The maximum Gasteiger partial charge on any atom is 0.262 e. The van der Waals surface area contributed by atoms with Gasteiger partial charge in [-0.1, -0.05) is 17.7 Å². The molecule has 0 aromatic heterocycles. The van der Waals surface area contributed by atoms with Gasteiger partial charge in [0, 0.05) is 5.69 Å². The fourth-order valence-corrected chi connectivity index (χ4v) is 2.12. The largest absolute Gasteiger partial charge is 0.504 e. The first-order valence-corrected chi connectivity index (χ1v) is 8.11. The summed E-state index contributed by atoms with van der Waals surface area (Å²) in [5.74, 6) is 0.193. The van der Waals surface area contributed by atoms with Gasteiger partial charge >= 0.3 is 0 Å². The number of carbonyl (C=O) groups is 1. The Balaban J connectivity index is 1.89. The molecule has 1 amide bonds. The molecular weight excluding hydrogens is 318 g/mol. The number of carbonyl (C=O) groups excluding carboxylic acids is 1. The highest BCUT2D eigenvalue weighted by Gasteiger charge is 2.11. The standard InChI is InChI=1S/C19H23N3O3/c1-4-25-18-10-7-15(11-17(18)23)12-20-22-19(24)14(3)21-16-8-5-13(2)6-9-16/h5-12,14,21,23H,4H2,1-3H3,(H,22,24)/b20-12-/t14-/m1/s1. The van der Waals surface area contributed by atoms with E-state index < -0.39 is 6.04 Å². The number of nitrogens with zero attached hydrogens (tertiary/aromatic N) is 1. The van der Waals surface area contributed by atoms with Gasteiger partial charge in [-0.2, -0.15) is 5.10 Å². The molecule has 0 aliphatic heterocycles. The molecule has 0 spiro atoms. The van der Waals surface area contributed by atoms with Gasteiger partial charge in [-0.3, -0.25) is 4.79 Å². The minimum absolute atomic E-state index is 0.0338. The van der Waals surface area contributed by atoms with Crippen molar-refractivity contribution in [3.05, 3.63) is 53.6 Å². The lowest BCUT2D eigenvalue weighted by Crippen LogP contribution is -2.34. The van der Waals surface area contributed by atoms with E-state index >= 15 is 0 Å². The molecule has 0 unspecified atom stereocenters. The second-order valence-electron chi connectivity index (χ2n) is 5.63. The number of anilines is 1. The van der Waals surface area contributed by atoms with E-state index in [2.05, 4.69) is 15.8 Å². The Morgan fingerprint density at radius 3 is 2.64 bits per heavy atom. The van der Waals surface area contributed by atoms with E-state index in [0.717, 1.165) is 11.3 Å². The van der Waals surface area contributed by atoms with Crippen LogP contribution in [0, 0.1) is 6.92 Å². The van der Waals surface area contributed by atoms with Crippen molar-refractivity contribution in [1.29, 1.82) is 0 Å². The lowest BCUT2D eigenvalue weighted by molar-refractivity contribution is -0.121. The first kappa shape index (κ1) is 18.3. The fourth-order valence-electron chi connectivity index (χ4n) is 2.12. The predicted octanol–water partition coefficient (Wildman–Crippen LogP) is 3.05. The Labute approximate surface area is 147 Å². The number of phenols is 1. The van der Waals surface area contributed by atoms with E-state index in [9.17, 15) is 9.90 Å². The van der Waals surface area contributed by atoms with Crippen molar-refractivity contribution in [2.45, 2.75) is 26.8 Å². The van der Waals surface area contributed by atoms with Crippen LogP contribution in [-0.4, -0.2) is 29.9 Å².